The summed E-state index contributed by atoms with van der Waals surface area (Å²) in [5.74, 6) is 0.209. The minimum atomic E-state index is -0.0768. The molecule has 0 unspecified atom stereocenters. The van der Waals surface area contributed by atoms with E-state index >= 15 is 0 Å². The Morgan fingerprint density at radius 2 is 2.00 bits per heavy atom. The van der Waals surface area contributed by atoms with Gasteiger partial charge in [0, 0.05) is 23.9 Å². The van der Waals surface area contributed by atoms with Crippen LogP contribution in [0, 0.1) is 0 Å². The lowest BCUT2D eigenvalue weighted by Crippen LogP contribution is -2.45. The maximum atomic E-state index is 12.8. The predicted octanol–water partition coefficient (Wildman–Crippen LogP) is 2.95. The van der Waals surface area contributed by atoms with Crippen molar-refractivity contribution in [1.82, 2.24) is 15.2 Å². The smallest absolute Gasteiger partial charge is 0.240 e. The van der Waals surface area contributed by atoms with Gasteiger partial charge in [0.1, 0.15) is 0 Å². The first-order valence-electron chi connectivity index (χ1n) is 8.04. The monoisotopic (exact) mass is 400 g/mol. The van der Waals surface area contributed by atoms with Crippen molar-refractivity contribution in [2.45, 2.75) is 37.9 Å². The average molecular weight is 401 g/mol. The SMILES string of the molecule is Cl.Cl.Nc1nc2c(s1)CN(C(=O)[C@H]1CC[C@H](c3ccccc3)N1)CC2. The van der Waals surface area contributed by atoms with Gasteiger partial charge in [-0.05, 0) is 18.4 Å². The number of anilines is 1. The number of thiazole rings is 1. The largest absolute Gasteiger partial charge is 0.375 e. The molecule has 3 heterocycles. The van der Waals surface area contributed by atoms with E-state index in [4.69, 9.17) is 5.73 Å². The van der Waals surface area contributed by atoms with E-state index in [1.54, 1.807) is 0 Å². The summed E-state index contributed by atoms with van der Waals surface area (Å²) < 4.78 is 0. The molecule has 2 aliphatic heterocycles. The van der Waals surface area contributed by atoms with E-state index in [2.05, 4.69) is 22.4 Å². The van der Waals surface area contributed by atoms with Crippen molar-refractivity contribution in [2.75, 3.05) is 12.3 Å². The molecule has 136 valence electrons. The number of hydrogen-bond donors (Lipinski definition) is 2. The van der Waals surface area contributed by atoms with Gasteiger partial charge in [0.05, 0.1) is 18.3 Å². The van der Waals surface area contributed by atoms with E-state index in [1.807, 2.05) is 23.1 Å². The molecule has 0 saturated carbocycles. The molecule has 3 N–H and O–H groups in total. The molecule has 25 heavy (non-hydrogen) atoms. The predicted molar refractivity (Wildman–Crippen MR) is 105 cm³/mol. The van der Waals surface area contributed by atoms with Gasteiger partial charge in [0.15, 0.2) is 5.13 Å². The van der Waals surface area contributed by atoms with Crippen molar-refractivity contribution in [3.63, 3.8) is 0 Å². The van der Waals surface area contributed by atoms with Gasteiger partial charge in [-0.15, -0.1) is 36.2 Å². The third-order valence-corrected chi connectivity index (χ3v) is 5.62. The average Bonchev–Trinajstić information content (AvgIpc) is 3.20. The molecule has 2 aromatic rings. The molecule has 5 nitrogen and oxygen atoms in total. The fourth-order valence-corrected chi connectivity index (χ4v) is 4.40. The molecule has 1 aromatic carbocycles. The van der Waals surface area contributed by atoms with E-state index in [-0.39, 0.29) is 42.8 Å². The number of nitrogens with two attached hydrogens (primary N) is 1. The number of amides is 1. The summed E-state index contributed by atoms with van der Waals surface area (Å²) >= 11 is 1.50. The van der Waals surface area contributed by atoms with Gasteiger partial charge in [-0.3, -0.25) is 10.1 Å². The number of hydrogen-bond acceptors (Lipinski definition) is 5. The summed E-state index contributed by atoms with van der Waals surface area (Å²) in [5, 5.41) is 4.11. The van der Waals surface area contributed by atoms with E-state index in [0.717, 1.165) is 36.4 Å². The molecular weight excluding hydrogens is 379 g/mol. The van der Waals surface area contributed by atoms with Gasteiger partial charge in [-0.2, -0.15) is 0 Å². The van der Waals surface area contributed by atoms with Gasteiger partial charge in [0.2, 0.25) is 5.91 Å². The summed E-state index contributed by atoms with van der Waals surface area (Å²) in [5.41, 5.74) is 8.11. The van der Waals surface area contributed by atoms with Crippen LogP contribution in [0.3, 0.4) is 0 Å². The third kappa shape index (κ3) is 4.08. The van der Waals surface area contributed by atoms with Gasteiger partial charge < -0.3 is 10.6 Å². The van der Waals surface area contributed by atoms with E-state index in [1.165, 1.54) is 16.9 Å². The molecule has 0 bridgehead atoms. The number of fused-ring (bicyclic) bond motifs is 1. The molecule has 8 heteroatoms. The highest BCUT2D eigenvalue weighted by atomic mass is 35.5. The summed E-state index contributed by atoms with van der Waals surface area (Å²) in [6.45, 7) is 1.39. The highest BCUT2D eigenvalue weighted by Crippen LogP contribution is 2.30. The Morgan fingerprint density at radius 3 is 2.76 bits per heavy atom. The molecule has 1 saturated heterocycles. The number of carbonyl (C=O) groups excluding carboxylic acids is 1. The van der Waals surface area contributed by atoms with Crippen LogP contribution >= 0.6 is 36.2 Å². The Morgan fingerprint density at radius 1 is 1.24 bits per heavy atom. The topological polar surface area (TPSA) is 71.2 Å². The molecule has 0 spiro atoms. The Balaban J connectivity index is 0.00000113. The number of nitrogen functional groups attached to an aromatic ring is 1. The van der Waals surface area contributed by atoms with E-state index < -0.39 is 0 Å². The second-order valence-corrected chi connectivity index (χ2v) is 7.31. The minimum Gasteiger partial charge on any atom is -0.375 e. The third-order valence-electron chi connectivity index (χ3n) is 4.71. The van der Waals surface area contributed by atoms with Crippen LogP contribution in [0.1, 0.15) is 35.0 Å². The number of aromatic nitrogens is 1. The second kappa shape index (κ2) is 8.36. The summed E-state index contributed by atoms with van der Waals surface area (Å²) in [4.78, 5) is 20.2. The summed E-state index contributed by atoms with van der Waals surface area (Å²) in [6, 6.07) is 10.6. The quantitative estimate of drug-likeness (QED) is 0.812. The highest BCUT2D eigenvalue weighted by Gasteiger charge is 2.34. The van der Waals surface area contributed by atoms with Crippen LogP contribution in [0.2, 0.25) is 0 Å². The van der Waals surface area contributed by atoms with Crippen LogP contribution in [0.4, 0.5) is 5.13 Å². The van der Waals surface area contributed by atoms with Crippen molar-refractivity contribution < 1.29 is 4.79 Å². The number of carbonyl (C=O) groups is 1. The molecule has 0 aliphatic carbocycles. The van der Waals surface area contributed by atoms with Crippen molar-refractivity contribution in [1.29, 1.82) is 0 Å². The van der Waals surface area contributed by atoms with Gasteiger partial charge in [-0.25, -0.2) is 4.98 Å². The molecule has 2 aliphatic rings. The first-order chi connectivity index (χ1) is 11.2. The Kier molecular flexibility index (Phi) is 6.68. The number of nitrogens with one attached hydrogen (secondary N) is 1. The summed E-state index contributed by atoms with van der Waals surface area (Å²) in [7, 11) is 0. The Hall–Kier alpha value is -1.34. The minimum absolute atomic E-state index is 0. The van der Waals surface area contributed by atoms with Crippen LogP contribution in [0.5, 0.6) is 0 Å². The number of halogens is 2. The number of benzene rings is 1. The zero-order valence-corrected chi connectivity index (χ0v) is 16.1. The molecule has 1 amide bonds. The zero-order chi connectivity index (χ0) is 15.8. The number of rotatable bonds is 2. The normalized spacial score (nSPS) is 21.8. The van der Waals surface area contributed by atoms with Crippen molar-refractivity contribution in [3.05, 3.63) is 46.5 Å². The maximum absolute atomic E-state index is 12.8. The second-order valence-electron chi connectivity index (χ2n) is 6.19. The fraction of sp³-hybridized carbons (Fsp3) is 0.412. The molecule has 0 radical (unpaired) electrons. The van der Waals surface area contributed by atoms with Crippen LogP contribution in [-0.2, 0) is 17.8 Å². The zero-order valence-electron chi connectivity index (χ0n) is 13.7. The number of nitrogens with zero attached hydrogens (tertiary/aromatic N) is 2. The van der Waals surface area contributed by atoms with Crippen molar-refractivity contribution in [2.24, 2.45) is 0 Å². The first-order valence-corrected chi connectivity index (χ1v) is 8.86. The highest BCUT2D eigenvalue weighted by molar-refractivity contribution is 7.15. The van der Waals surface area contributed by atoms with Crippen LogP contribution in [0.25, 0.3) is 0 Å². The molecule has 1 aromatic heterocycles. The van der Waals surface area contributed by atoms with Crippen LogP contribution < -0.4 is 11.1 Å². The van der Waals surface area contributed by atoms with Gasteiger partial charge >= 0.3 is 0 Å². The lowest BCUT2D eigenvalue weighted by Gasteiger charge is -2.29. The lowest BCUT2D eigenvalue weighted by atomic mass is 10.1. The molecule has 4 rings (SSSR count). The van der Waals surface area contributed by atoms with Gasteiger partial charge in [0.25, 0.3) is 0 Å². The molecular formula is C17H22Cl2N4OS. The van der Waals surface area contributed by atoms with Crippen LogP contribution in [-0.4, -0.2) is 28.4 Å². The van der Waals surface area contributed by atoms with Crippen LogP contribution in [0.15, 0.2) is 30.3 Å². The Labute approximate surface area is 163 Å². The van der Waals surface area contributed by atoms with E-state index in [0.29, 0.717) is 11.7 Å². The molecule has 1 fully saturated rings. The fourth-order valence-electron chi connectivity index (χ4n) is 3.51. The van der Waals surface area contributed by atoms with Gasteiger partial charge in [-0.1, -0.05) is 30.3 Å². The van der Waals surface area contributed by atoms with E-state index in [9.17, 15) is 4.79 Å². The maximum Gasteiger partial charge on any atom is 0.240 e. The molecule has 2 atom stereocenters. The Bertz CT molecular complexity index is 725. The lowest BCUT2D eigenvalue weighted by molar-refractivity contribution is -0.134. The first kappa shape index (κ1) is 20.0. The van der Waals surface area contributed by atoms with Crippen molar-refractivity contribution in [3.8, 4) is 0 Å². The standard InChI is InChI=1S/C17H20N4OS.2ClH/c18-17-20-13-8-9-21(10-15(13)23-17)16(22)14-7-6-12(19-14)11-4-2-1-3-5-11;;/h1-5,12,14,19H,6-10H2,(H2,18,20);2*1H/t12-,14-;;/m1../s1. The summed E-state index contributed by atoms with van der Waals surface area (Å²) in [6.07, 6.45) is 2.71. The van der Waals surface area contributed by atoms with Crippen molar-refractivity contribution >= 4 is 47.2 Å².